The molecule has 0 radical (unpaired) electrons. The average Bonchev–Trinajstić information content (AvgIpc) is 2.64. The number of carboxylic acid groups (broad SMARTS) is 1. The highest BCUT2D eigenvalue weighted by atomic mass is 16.5. The Balaban J connectivity index is 1.92. The van der Waals surface area contributed by atoms with E-state index in [4.69, 9.17) is 9.84 Å². The molecule has 0 bridgehead atoms. The van der Waals surface area contributed by atoms with E-state index in [1.807, 2.05) is 24.3 Å². The van der Waals surface area contributed by atoms with Crippen LogP contribution in [0.1, 0.15) is 70.3 Å². The standard InChI is InChI=1S/C21H33NO4/c1-2-18-12-11-13-19(16-18)26-17-20(23)22-15-10-8-6-4-3-5-7-9-14-21(24)25/h11-13,16H,2-10,14-15,17H2,1H3,(H,22,23)(H,24,25). The summed E-state index contributed by atoms with van der Waals surface area (Å²) in [5.41, 5.74) is 1.20. The van der Waals surface area contributed by atoms with Crippen LogP contribution in [0.4, 0.5) is 0 Å². The topological polar surface area (TPSA) is 75.6 Å². The molecule has 1 aromatic rings. The molecule has 0 atom stereocenters. The van der Waals surface area contributed by atoms with Gasteiger partial charge in [0.15, 0.2) is 6.61 Å². The van der Waals surface area contributed by atoms with E-state index >= 15 is 0 Å². The molecule has 2 N–H and O–H groups in total. The Morgan fingerprint density at radius 3 is 2.31 bits per heavy atom. The first kappa shape index (κ1) is 22.0. The Morgan fingerprint density at radius 1 is 1.00 bits per heavy atom. The van der Waals surface area contributed by atoms with Crippen molar-refractivity contribution in [2.45, 2.75) is 71.1 Å². The van der Waals surface area contributed by atoms with Crippen molar-refractivity contribution >= 4 is 11.9 Å². The number of carboxylic acids is 1. The van der Waals surface area contributed by atoms with Gasteiger partial charge in [0.1, 0.15) is 5.75 Å². The molecule has 0 aliphatic heterocycles. The van der Waals surface area contributed by atoms with Crippen molar-refractivity contribution in [3.63, 3.8) is 0 Å². The summed E-state index contributed by atoms with van der Waals surface area (Å²) in [6.45, 7) is 2.84. The lowest BCUT2D eigenvalue weighted by Crippen LogP contribution is -2.29. The Kier molecular flexibility index (Phi) is 12.0. The van der Waals surface area contributed by atoms with E-state index in [2.05, 4.69) is 12.2 Å². The number of ether oxygens (including phenoxy) is 1. The summed E-state index contributed by atoms with van der Waals surface area (Å²) in [4.78, 5) is 22.2. The molecule has 0 saturated carbocycles. The highest BCUT2D eigenvalue weighted by Gasteiger charge is 2.03. The summed E-state index contributed by atoms with van der Waals surface area (Å²) < 4.78 is 5.52. The maximum absolute atomic E-state index is 11.8. The number of carbonyl (C=O) groups is 2. The molecule has 5 nitrogen and oxygen atoms in total. The van der Waals surface area contributed by atoms with E-state index in [-0.39, 0.29) is 18.9 Å². The van der Waals surface area contributed by atoms with Crippen LogP contribution in [0, 0.1) is 0 Å². The zero-order valence-electron chi connectivity index (χ0n) is 16.0. The van der Waals surface area contributed by atoms with Gasteiger partial charge in [-0.3, -0.25) is 9.59 Å². The van der Waals surface area contributed by atoms with Gasteiger partial charge in [0.25, 0.3) is 5.91 Å². The largest absolute Gasteiger partial charge is 0.484 e. The summed E-state index contributed by atoms with van der Waals surface area (Å²) in [7, 11) is 0. The van der Waals surface area contributed by atoms with Crippen LogP contribution in [0.15, 0.2) is 24.3 Å². The van der Waals surface area contributed by atoms with Crippen LogP contribution in [-0.2, 0) is 16.0 Å². The van der Waals surface area contributed by atoms with E-state index in [0.717, 1.165) is 57.1 Å². The zero-order valence-corrected chi connectivity index (χ0v) is 16.0. The number of hydrogen-bond donors (Lipinski definition) is 2. The van der Waals surface area contributed by atoms with E-state index in [1.54, 1.807) is 0 Å². The van der Waals surface area contributed by atoms with Crippen molar-refractivity contribution in [3.8, 4) is 5.75 Å². The van der Waals surface area contributed by atoms with Crippen LogP contribution in [0.3, 0.4) is 0 Å². The minimum Gasteiger partial charge on any atom is -0.484 e. The third-order valence-corrected chi connectivity index (χ3v) is 4.32. The van der Waals surface area contributed by atoms with E-state index in [0.29, 0.717) is 6.54 Å². The number of aliphatic carboxylic acids is 1. The number of amides is 1. The highest BCUT2D eigenvalue weighted by Crippen LogP contribution is 2.13. The first-order valence-corrected chi connectivity index (χ1v) is 9.82. The van der Waals surface area contributed by atoms with Crippen molar-refractivity contribution in [2.24, 2.45) is 0 Å². The van der Waals surface area contributed by atoms with E-state index in [1.165, 1.54) is 12.0 Å². The molecular formula is C21H33NO4. The third-order valence-electron chi connectivity index (χ3n) is 4.32. The lowest BCUT2D eigenvalue weighted by atomic mass is 10.1. The lowest BCUT2D eigenvalue weighted by Gasteiger charge is -2.08. The number of benzene rings is 1. The fourth-order valence-electron chi connectivity index (χ4n) is 2.74. The maximum atomic E-state index is 11.8. The molecule has 0 unspecified atom stereocenters. The molecule has 1 amide bonds. The molecule has 1 aromatic carbocycles. The predicted octanol–water partition coefficient (Wildman–Crippen LogP) is 4.34. The van der Waals surface area contributed by atoms with Crippen LogP contribution < -0.4 is 10.1 Å². The average molecular weight is 363 g/mol. The number of nitrogens with one attached hydrogen (secondary N) is 1. The number of unbranched alkanes of at least 4 members (excludes halogenated alkanes) is 7. The summed E-state index contributed by atoms with van der Waals surface area (Å²) in [5.74, 6) is -0.0416. The fourth-order valence-corrected chi connectivity index (χ4v) is 2.74. The Labute approximate surface area is 157 Å². The van der Waals surface area contributed by atoms with E-state index in [9.17, 15) is 9.59 Å². The van der Waals surface area contributed by atoms with Crippen LogP contribution in [-0.4, -0.2) is 30.1 Å². The van der Waals surface area contributed by atoms with Gasteiger partial charge < -0.3 is 15.2 Å². The van der Waals surface area contributed by atoms with Crippen molar-refractivity contribution in [1.82, 2.24) is 5.32 Å². The molecule has 0 heterocycles. The molecule has 1 rings (SSSR count). The molecular weight excluding hydrogens is 330 g/mol. The van der Waals surface area contributed by atoms with Gasteiger partial charge in [-0.1, -0.05) is 57.6 Å². The molecule has 0 spiro atoms. The summed E-state index contributed by atoms with van der Waals surface area (Å²) >= 11 is 0. The Morgan fingerprint density at radius 2 is 1.65 bits per heavy atom. The summed E-state index contributed by atoms with van der Waals surface area (Å²) in [5, 5.41) is 11.4. The van der Waals surface area contributed by atoms with Gasteiger partial charge in [0, 0.05) is 13.0 Å². The van der Waals surface area contributed by atoms with Gasteiger partial charge in [-0.05, 0) is 37.0 Å². The number of hydrogen-bond acceptors (Lipinski definition) is 3. The maximum Gasteiger partial charge on any atom is 0.303 e. The number of rotatable bonds is 15. The van der Waals surface area contributed by atoms with E-state index < -0.39 is 5.97 Å². The molecule has 146 valence electrons. The minimum atomic E-state index is -0.702. The molecule has 5 heteroatoms. The molecule has 0 aliphatic carbocycles. The quantitative estimate of drug-likeness (QED) is 0.455. The lowest BCUT2D eigenvalue weighted by molar-refractivity contribution is -0.137. The van der Waals surface area contributed by atoms with Crippen LogP contribution in [0.5, 0.6) is 5.75 Å². The first-order chi connectivity index (χ1) is 12.6. The van der Waals surface area contributed by atoms with Crippen molar-refractivity contribution in [1.29, 1.82) is 0 Å². The second-order valence-corrected chi connectivity index (χ2v) is 6.61. The predicted molar refractivity (Wildman–Crippen MR) is 104 cm³/mol. The second kappa shape index (κ2) is 14.2. The Bertz CT molecular complexity index is 530. The first-order valence-electron chi connectivity index (χ1n) is 9.82. The smallest absolute Gasteiger partial charge is 0.303 e. The van der Waals surface area contributed by atoms with Crippen molar-refractivity contribution in [3.05, 3.63) is 29.8 Å². The molecule has 0 aromatic heterocycles. The van der Waals surface area contributed by atoms with Gasteiger partial charge in [0.05, 0.1) is 0 Å². The van der Waals surface area contributed by atoms with Crippen molar-refractivity contribution in [2.75, 3.05) is 13.2 Å². The fraction of sp³-hybridized carbons (Fsp3) is 0.619. The van der Waals surface area contributed by atoms with Gasteiger partial charge in [0.2, 0.25) is 0 Å². The van der Waals surface area contributed by atoms with Gasteiger partial charge in [-0.25, -0.2) is 0 Å². The summed E-state index contributed by atoms with van der Waals surface area (Å²) in [6, 6.07) is 7.82. The van der Waals surface area contributed by atoms with Gasteiger partial charge in [-0.2, -0.15) is 0 Å². The molecule has 0 aliphatic rings. The molecule has 0 saturated heterocycles. The van der Waals surface area contributed by atoms with Crippen molar-refractivity contribution < 1.29 is 19.4 Å². The third kappa shape index (κ3) is 11.5. The highest BCUT2D eigenvalue weighted by molar-refractivity contribution is 5.77. The van der Waals surface area contributed by atoms with Crippen LogP contribution in [0.2, 0.25) is 0 Å². The normalized spacial score (nSPS) is 10.5. The molecule has 0 fully saturated rings. The van der Waals surface area contributed by atoms with Crippen LogP contribution >= 0.6 is 0 Å². The second-order valence-electron chi connectivity index (χ2n) is 6.61. The van der Waals surface area contributed by atoms with Gasteiger partial charge >= 0.3 is 5.97 Å². The zero-order chi connectivity index (χ0) is 19.0. The summed E-state index contributed by atoms with van der Waals surface area (Å²) in [6.07, 6.45) is 9.73. The molecule has 26 heavy (non-hydrogen) atoms. The minimum absolute atomic E-state index is 0.0590. The van der Waals surface area contributed by atoms with Crippen LogP contribution in [0.25, 0.3) is 0 Å². The number of carbonyl (C=O) groups excluding carboxylic acids is 1. The Hall–Kier alpha value is -2.04. The monoisotopic (exact) mass is 363 g/mol. The van der Waals surface area contributed by atoms with Gasteiger partial charge in [-0.15, -0.1) is 0 Å². The number of aryl methyl sites for hydroxylation is 1. The SMILES string of the molecule is CCc1cccc(OCC(=O)NCCCCCCCCCCC(=O)O)c1.